The first kappa shape index (κ1) is 7.86. The Kier molecular flexibility index (Phi) is 2.31. The third kappa shape index (κ3) is 1.83. The molecular weight excluding hydrogens is 135 g/mol. The predicted molar refractivity (Wildman–Crippen MR) is 47.1 cm³/mol. The van der Waals surface area contributed by atoms with Crippen molar-refractivity contribution in [1.29, 1.82) is 0 Å². The molecule has 3 heteroatoms. The first-order valence-corrected chi connectivity index (χ1v) is 3.30. The summed E-state index contributed by atoms with van der Waals surface area (Å²) in [5, 5.41) is 0. The Morgan fingerprint density at radius 1 is 1.82 bits per heavy atom. The highest BCUT2D eigenvalue weighted by molar-refractivity contribution is 6.25. The third-order valence-corrected chi connectivity index (χ3v) is 1.40. The molecule has 0 saturated heterocycles. The van der Waals surface area contributed by atoms with E-state index >= 15 is 0 Å². The molecule has 2 radical (unpaired) electrons. The number of hydrogen-bond acceptors (Lipinski definition) is 1. The van der Waals surface area contributed by atoms with Crippen LogP contribution in [0.1, 0.15) is 5.69 Å². The summed E-state index contributed by atoms with van der Waals surface area (Å²) in [4.78, 5) is 3.94. The Morgan fingerprint density at radius 2 is 2.55 bits per heavy atom. The van der Waals surface area contributed by atoms with Gasteiger partial charge in [0.15, 0.2) is 0 Å². The van der Waals surface area contributed by atoms with E-state index in [9.17, 15) is 0 Å². The lowest BCUT2D eigenvalue weighted by Gasteiger charge is -1.95. The molecule has 54 valence electrons. The molecule has 1 aromatic rings. The summed E-state index contributed by atoms with van der Waals surface area (Å²) in [7, 11) is 7.45. The van der Waals surface area contributed by atoms with Gasteiger partial charge in [-0.15, -0.1) is 0 Å². The van der Waals surface area contributed by atoms with Gasteiger partial charge in [0, 0.05) is 7.05 Å². The van der Waals surface area contributed by atoms with E-state index in [1.807, 2.05) is 17.7 Å². The van der Waals surface area contributed by atoms with E-state index in [1.165, 1.54) is 0 Å². The van der Waals surface area contributed by atoms with Gasteiger partial charge in [0.2, 0.25) is 0 Å². The molecule has 0 N–H and O–H groups in total. The average molecular weight is 144 g/mol. The van der Waals surface area contributed by atoms with Crippen LogP contribution in [0.15, 0.2) is 30.7 Å². The van der Waals surface area contributed by atoms with Gasteiger partial charge in [-0.05, 0) is 6.08 Å². The summed E-state index contributed by atoms with van der Waals surface area (Å²) >= 11 is 0. The number of rotatable bonds is 2. The third-order valence-electron chi connectivity index (χ3n) is 1.40. The van der Waals surface area contributed by atoms with Crippen molar-refractivity contribution < 1.29 is 0 Å². The maximum absolute atomic E-state index is 5.54. The molecule has 0 spiro atoms. The Morgan fingerprint density at radius 3 is 3.00 bits per heavy atom. The van der Waals surface area contributed by atoms with Crippen molar-refractivity contribution in [3.63, 3.8) is 0 Å². The van der Waals surface area contributed by atoms with E-state index in [2.05, 4.69) is 11.6 Å². The summed E-state index contributed by atoms with van der Waals surface area (Å²) < 4.78 is 1.89. The number of imidazole rings is 1. The topological polar surface area (TPSA) is 17.8 Å². The lowest BCUT2D eigenvalue weighted by Crippen LogP contribution is -1.88. The second kappa shape index (κ2) is 3.24. The highest BCUT2D eigenvalue weighted by atomic mass is 15.0. The van der Waals surface area contributed by atoms with Gasteiger partial charge in [-0.1, -0.05) is 18.1 Å². The summed E-state index contributed by atoms with van der Waals surface area (Å²) in [5.41, 5.74) is 1.62. The zero-order chi connectivity index (χ0) is 8.27. The van der Waals surface area contributed by atoms with E-state index in [-0.39, 0.29) is 0 Å². The molecule has 0 unspecified atom stereocenters. The first-order chi connectivity index (χ1) is 5.24. The van der Waals surface area contributed by atoms with E-state index in [0.29, 0.717) is 5.47 Å². The van der Waals surface area contributed by atoms with Crippen LogP contribution in [0.3, 0.4) is 0 Å². The van der Waals surface area contributed by atoms with E-state index in [1.54, 1.807) is 18.6 Å². The van der Waals surface area contributed by atoms with Gasteiger partial charge in [0.05, 0.1) is 18.2 Å². The number of allylic oxidation sites excluding steroid dienone is 2. The summed E-state index contributed by atoms with van der Waals surface area (Å²) in [5.74, 6) is 0. The van der Waals surface area contributed by atoms with Gasteiger partial charge in [0.25, 0.3) is 0 Å². The van der Waals surface area contributed by atoms with Gasteiger partial charge >= 0.3 is 0 Å². The Labute approximate surface area is 67.7 Å². The molecule has 11 heavy (non-hydrogen) atoms. The maximum atomic E-state index is 5.54. The monoisotopic (exact) mass is 144 g/mol. The van der Waals surface area contributed by atoms with Gasteiger partial charge in [-0.2, -0.15) is 0 Å². The van der Waals surface area contributed by atoms with Crippen molar-refractivity contribution in [3.8, 4) is 0 Å². The van der Waals surface area contributed by atoms with Crippen LogP contribution in [0.25, 0.3) is 6.08 Å². The molecule has 0 aliphatic heterocycles. The van der Waals surface area contributed by atoms with Crippen LogP contribution >= 0.6 is 0 Å². The van der Waals surface area contributed by atoms with E-state index in [4.69, 9.17) is 7.85 Å². The van der Waals surface area contributed by atoms with Crippen LogP contribution in [-0.4, -0.2) is 17.4 Å². The van der Waals surface area contributed by atoms with Crippen LogP contribution in [0, 0.1) is 0 Å². The van der Waals surface area contributed by atoms with Crippen molar-refractivity contribution in [2.45, 2.75) is 0 Å². The Bertz CT molecular complexity index is 286. The fourth-order valence-corrected chi connectivity index (χ4v) is 0.736. The predicted octanol–water partition coefficient (Wildman–Crippen LogP) is 1.12. The van der Waals surface area contributed by atoms with E-state index < -0.39 is 0 Å². The largest absolute Gasteiger partial charge is 0.334 e. The second-order valence-electron chi connectivity index (χ2n) is 2.28. The van der Waals surface area contributed by atoms with Crippen LogP contribution in [0.5, 0.6) is 0 Å². The van der Waals surface area contributed by atoms with Crippen LogP contribution in [-0.2, 0) is 7.05 Å². The molecule has 0 atom stereocenters. The molecule has 0 saturated carbocycles. The molecule has 1 rings (SSSR count). The molecule has 1 heterocycles. The summed E-state index contributed by atoms with van der Waals surface area (Å²) in [6.07, 6.45) is 6.89. The molecular formula is C8H9BN2. The average Bonchev–Trinajstić information content (AvgIpc) is 2.37. The minimum atomic E-state index is 0.647. The molecule has 0 bridgehead atoms. The number of nitrogens with zero attached hydrogens (tertiary/aromatic N) is 2. The molecule has 0 aliphatic rings. The molecule has 0 fully saturated rings. The zero-order valence-corrected chi connectivity index (χ0v) is 6.49. The minimum absolute atomic E-state index is 0.647. The number of hydrogen-bond donors (Lipinski definition) is 0. The van der Waals surface area contributed by atoms with Crippen molar-refractivity contribution >= 4 is 13.9 Å². The smallest absolute Gasteiger partial charge is 0.113 e. The summed E-state index contributed by atoms with van der Waals surface area (Å²) in [6.45, 7) is 3.55. The fourth-order valence-electron chi connectivity index (χ4n) is 0.736. The van der Waals surface area contributed by atoms with Crippen molar-refractivity contribution in [2.75, 3.05) is 0 Å². The maximum Gasteiger partial charge on any atom is 0.113 e. The molecule has 0 amide bonds. The SMILES string of the molecule is [B]/C(C=C)=C/c1cncn1C. The second-order valence-corrected chi connectivity index (χ2v) is 2.28. The Hall–Kier alpha value is -1.25. The highest BCUT2D eigenvalue weighted by Crippen LogP contribution is 2.02. The van der Waals surface area contributed by atoms with Crippen molar-refractivity contribution in [2.24, 2.45) is 7.05 Å². The van der Waals surface area contributed by atoms with Crippen LogP contribution in [0.4, 0.5) is 0 Å². The first-order valence-electron chi connectivity index (χ1n) is 3.30. The van der Waals surface area contributed by atoms with Gasteiger partial charge in [0.1, 0.15) is 7.85 Å². The molecule has 2 nitrogen and oxygen atoms in total. The lowest BCUT2D eigenvalue weighted by molar-refractivity contribution is 0.902. The number of aromatic nitrogens is 2. The number of aryl methyl sites for hydroxylation is 1. The van der Waals surface area contributed by atoms with E-state index in [0.717, 1.165) is 5.69 Å². The van der Waals surface area contributed by atoms with Gasteiger partial charge in [-0.3, -0.25) is 0 Å². The van der Waals surface area contributed by atoms with Gasteiger partial charge < -0.3 is 4.57 Å². The quantitative estimate of drug-likeness (QED) is 0.449. The van der Waals surface area contributed by atoms with Crippen molar-refractivity contribution in [1.82, 2.24) is 9.55 Å². The van der Waals surface area contributed by atoms with Gasteiger partial charge in [-0.25, -0.2) is 4.98 Å². The highest BCUT2D eigenvalue weighted by Gasteiger charge is 1.91. The lowest BCUT2D eigenvalue weighted by atomic mass is 9.95. The Balaban J connectivity index is 2.94. The minimum Gasteiger partial charge on any atom is -0.334 e. The molecule has 0 aliphatic carbocycles. The molecule has 0 aromatic carbocycles. The standard InChI is InChI=1S/C8H9BN2/c1-3-7(9)4-8-5-10-6-11(8)2/h3-6H,1H2,2H3/b7-4+. The van der Waals surface area contributed by atoms with Crippen molar-refractivity contribution in [3.05, 3.63) is 36.3 Å². The normalized spacial score (nSPS) is 11.5. The fraction of sp³-hybridized carbons (Fsp3) is 0.125. The molecule has 1 aromatic heterocycles. The van der Waals surface area contributed by atoms with Crippen LogP contribution < -0.4 is 0 Å². The zero-order valence-electron chi connectivity index (χ0n) is 6.49. The van der Waals surface area contributed by atoms with Crippen LogP contribution in [0.2, 0.25) is 0 Å². The summed E-state index contributed by atoms with van der Waals surface area (Å²) in [6, 6.07) is 0.